The second-order valence-electron chi connectivity index (χ2n) is 29.8. The van der Waals surface area contributed by atoms with Crippen LogP contribution in [0.1, 0.15) is 396 Å². The highest BCUT2D eigenvalue weighted by molar-refractivity contribution is 7.47. The Balaban J connectivity index is 5.28. The van der Waals surface area contributed by atoms with Crippen LogP contribution in [0.5, 0.6) is 0 Å². The topological polar surface area (TPSA) is 237 Å². The number of rotatable bonds is 75. The first-order valence-electron chi connectivity index (χ1n) is 40.2. The Hall–Kier alpha value is -1.94. The smallest absolute Gasteiger partial charge is 0.462 e. The van der Waals surface area contributed by atoms with Crippen molar-refractivity contribution in [1.82, 2.24) is 0 Å². The third-order valence-electron chi connectivity index (χ3n) is 18.4. The van der Waals surface area contributed by atoms with E-state index in [1.165, 1.54) is 199 Å². The van der Waals surface area contributed by atoms with E-state index in [9.17, 15) is 43.2 Å². The molecule has 0 rings (SSSR count). The van der Waals surface area contributed by atoms with Crippen molar-refractivity contribution in [2.24, 2.45) is 23.7 Å². The van der Waals surface area contributed by atoms with Gasteiger partial charge in [0.15, 0.2) is 12.2 Å². The lowest BCUT2D eigenvalue weighted by molar-refractivity contribution is -0.161. The summed E-state index contributed by atoms with van der Waals surface area (Å²) < 4.78 is 68.6. The Bertz CT molecular complexity index is 1900. The standard InChI is InChI=1S/C78H152O17P2/c1-9-71(8)57-49-41-33-25-18-21-27-35-43-51-59-76(81)89-64-73(94-77(82)60-52-44-36-28-15-13-11-10-12-14-22-30-38-46-54-68(2)3)66-92-96(84,85)90-62-72(79)63-91-97(86,87)93-67-74(95-78(83)61-53-45-37-29-20-17-24-32-40-48-56-70(6)7)65-88-75(80)58-50-42-34-26-19-16-23-31-39-47-55-69(4)5/h68-74,79H,9-67H2,1-8H3,(H,84,85)(H,86,87)/t71?,72-,73-,74-/m1/s1. The molecule has 3 unspecified atom stereocenters. The second-order valence-corrected chi connectivity index (χ2v) is 32.7. The number of phosphoric acid groups is 2. The van der Waals surface area contributed by atoms with Gasteiger partial charge in [0, 0.05) is 25.7 Å². The van der Waals surface area contributed by atoms with Crippen LogP contribution in [0.4, 0.5) is 0 Å². The minimum absolute atomic E-state index is 0.105. The summed E-state index contributed by atoms with van der Waals surface area (Å²) in [6.45, 7) is 14.3. The number of ether oxygens (including phenoxy) is 4. The van der Waals surface area contributed by atoms with Crippen molar-refractivity contribution in [3.8, 4) is 0 Å². The van der Waals surface area contributed by atoms with Crippen molar-refractivity contribution < 1.29 is 80.2 Å². The zero-order valence-corrected chi connectivity index (χ0v) is 65.5. The lowest BCUT2D eigenvalue weighted by Gasteiger charge is -2.21. The molecule has 17 nitrogen and oxygen atoms in total. The predicted molar refractivity (Wildman–Crippen MR) is 395 cm³/mol. The summed E-state index contributed by atoms with van der Waals surface area (Å²) in [5.74, 6) is 0.998. The first-order chi connectivity index (χ1) is 46.6. The Morgan fingerprint density at radius 1 is 0.289 bits per heavy atom. The SMILES string of the molecule is CCC(C)CCCCCCCCCCCCC(=O)OC[C@H](COP(=O)(O)OC[C@@H](O)COP(=O)(O)OC[C@@H](COC(=O)CCCCCCCCCCCCC(C)C)OC(=O)CCCCCCCCCCCCC(C)C)OC(=O)CCCCCCCCCCCCCCCCC(C)C. The maximum Gasteiger partial charge on any atom is 0.472 e. The molecule has 0 aliphatic heterocycles. The largest absolute Gasteiger partial charge is 0.472 e. The van der Waals surface area contributed by atoms with Crippen LogP contribution in [0, 0.1) is 23.7 Å². The van der Waals surface area contributed by atoms with Gasteiger partial charge in [0.1, 0.15) is 19.3 Å². The van der Waals surface area contributed by atoms with Gasteiger partial charge in [-0.2, -0.15) is 0 Å². The fourth-order valence-electron chi connectivity index (χ4n) is 11.9. The lowest BCUT2D eigenvalue weighted by Crippen LogP contribution is -2.30. The molecule has 0 radical (unpaired) electrons. The number of hydrogen-bond donors (Lipinski definition) is 3. The van der Waals surface area contributed by atoms with Crippen LogP contribution in [0.2, 0.25) is 0 Å². The number of phosphoric ester groups is 2. The molecule has 576 valence electrons. The Kier molecular flexibility index (Phi) is 65.9. The minimum Gasteiger partial charge on any atom is -0.462 e. The Morgan fingerprint density at radius 3 is 0.732 bits per heavy atom. The molecule has 97 heavy (non-hydrogen) atoms. The normalized spacial score (nSPS) is 14.4. The second kappa shape index (κ2) is 67.2. The summed E-state index contributed by atoms with van der Waals surface area (Å²) >= 11 is 0. The summed E-state index contributed by atoms with van der Waals surface area (Å²) in [6, 6.07) is 0. The average Bonchev–Trinajstić information content (AvgIpc) is 1.35. The maximum absolute atomic E-state index is 13.1. The first kappa shape index (κ1) is 95.1. The van der Waals surface area contributed by atoms with Gasteiger partial charge in [0.05, 0.1) is 26.4 Å². The molecular weight excluding hydrogens is 1270 g/mol. The van der Waals surface area contributed by atoms with Gasteiger partial charge < -0.3 is 33.8 Å². The molecule has 0 bridgehead atoms. The number of aliphatic hydroxyl groups excluding tert-OH is 1. The van der Waals surface area contributed by atoms with Crippen molar-refractivity contribution in [2.75, 3.05) is 39.6 Å². The van der Waals surface area contributed by atoms with Crippen LogP contribution < -0.4 is 0 Å². The molecule has 0 aliphatic carbocycles. The molecule has 0 amide bonds. The van der Waals surface area contributed by atoms with Crippen LogP contribution >= 0.6 is 15.6 Å². The number of carbonyl (C=O) groups is 4. The van der Waals surface area contributed by atoms with E-state index < -0.39 is 97.5 Å². The van der Waals surface area contributed by atoms with Gasteiger partial charge in [0.2, 0.25) is 0 Å². The first-order valence-corrected chi connectivity index (χ1v) is 43.2. The molecule has 0 saturated heterocycles. The predicted octanol–water partition coefficient (Wildman–Crippen LogP) is 22.8. The van der Waals surface area contributed by atoms with Crippen molar-refractivity contribution in [1.29, 1.82) is 0 Å². The molecule has 0 aromatic carbocycles. The van der Waals surface area contributed by atoms with Gasteiger partial charge in [-0.25, -0.2) is 9.13 Å². The third-order valence-corrected chi connectivity index (χ3v) is 20.3. The number of unbranched alkanes of at least 4 members (excludes halogenated alkanes) is 40. The van der Waals surface area contributed by atoms with Crippen LogP contribution in [0.3, 0.4) is 0 Å². The highest BCUT2D eigenvalue weighted by Gasteiger charge is 2.30. The lowest BCUT2D eigenvalue weighted by atomic mass is 9.99. The summed E-state index contributed by atoms with van der Waals surface area (Å²) in [7, 11) is -9.92. The summed E-state index contributed by atoms with van der Waals surface area (Å²) in [5, 5.41) is 10.6. The number of carbonyl (C=O) groups excluding carboxylic acids is 4. The van der Waals surface area contributed by atoms with Crippen molar-refractivity contribution in [3.63, 3.8) is 0 Å². The molecule has 0 fully saturated rings. The fourth-order valence-corrected chi connectivity index (χ4v) is 13.5. The van der Waals surface area contributed by atoms with Crippen LogP contribution in [0.25, 0.3) is 0 Å². The van der Waals surface area contributed by atoms with E-state index in [1.807, 2.05) is 0 Å². The highest BCUT2D eigenvalue weighted by Crippen LogP contribution is 2.45. The fraction of sp³-hybridized carbons (Fsp3) is 0.949. The van der Waals surface area contributed by atoms with Crippen molar-refractivity contribution in [2.45, 2.75) is 414 Å². The van der Waals surface area contributed by atoms with Gasteiger partial charge in [-0.3, -0.25) is 37.3 Å². The number of aliphatic hydroxyl groups is 1. The number of esters is 4. The van der Waals surface area contributed by atoms with Crippen molar-refractivity contribution >= 4 is 39.5 Å². The molecule has 0 spiro atoms. The minimum atomic E-state index is -4.96. The van der Waals surface area contributed by atoms with E-state index in [2.05, 4.69) is 55.4 Å². The summed E-state index contributed by atoms with van der Waals surface area (Å²) in [5.41, 5.74) is 0. The average molecular weight is 1420 g/mol. The van der Waals surface area contributed by atoms with Crippen LogP contribution in [0.15, 0.2) is 0 Å². The van der Waals surface area contributed by atoms with E-state index in [0.29, 0.717) is 25.7 Å². The van der Waals surface area contributed by atoms with Gasteiger partial charge >= 0.3 is 39.5 Å². The number of hydrogen-bond acceptors (Lipinski definition) is 15. The molecule has 0 saturated carbocycles. The zero-order valence-electron chi connectivity index (χ0n) is 63.7. The van der Waals surface area contributed by atoms with Gasteiger partial charge in [0.25, 0.3) is 0 Å². The quantitative estimate of drug-likeness (QED) is 0.0222. The molecule has 0 aromatic heterocycles. The van der Waals surface area contributed by atoms with E-state index in [1.54, 1.807) is 0 Å². The van der Waals surface area contributed by atoms with Crippen LogP contribution in [-0.2, 0) is 65.4 Å². The monoisotopic (exact) mass is 1420 g/mol. The van der Waals surface area contributed by atoms with Crippen LogP contribution in [-0.4, -0.2) is 96.7 Å². The van der Waals surface area contributed by atoms with E-state index in [-0.39, 0.29) is 25.7 Å². The molecule has 3 N–H and O–H groups in total. The van der Waals surface area contributed by atoms with E-state index in [0.717, 1.165) is 114 Å². The molecule has 0 aliphatic rings. The maximum atomic E-state index is 13.1. The Morgan fingerprint density at radius 2 is 0.495 bits per heavy atom. The highest BCUT2D eigenvalue weighted by atomic mass is 31.2. The molecular formula is C78H152O17P2. The summed E-state index contributed by atoms with van der Waals surface area (Å²) in [4.78, 5) is 72.9. The van der Waals surface area contributed by atoms with Crippen molar-refractivity contribution in [3.05, 3.63) is 0 Å². The molecule has 0 aromatic rings. The summed E-state index contributed by atoms with van der Waals surface area (Å²) in [6.07, 6.45) is 52.5. The molecule has 0 heterocycles. The Labute approximate surface area is 594 Å². The van der Waals surface area contributed by atoms with Gasteiger partial charge in [-0.15, -0.1) is 0 Å². The van der Waals surface area contributed by atoms with E-state index >= 15 is 0 Å². The van der Waals surface area contributed by atoms with E-state index in [4.69, 9.17) is 37.0 Å². The third kappa shape index (κ3) is 70.9. The van der Waals surface area contributed by atoms with Gasteiger partial charge in [-0.1, -0.05) is 344 Å². The molecule has 6 atom stereocenters. The molecule has 19 heteroatoms. The zero-order chi connectivity index (χ0) is 71.7. The van der Waals surface area contributed by atoms with Gasteiger partial charge in [-0.05, 0) is 49.4 Å².